The molecule has 0 fully saturated rings. The summed E-state index contributed by atoms with van der Waals surface area (Å²) in [6, 6.07) is 20.7. The van der Waals surface area contributed by atoms with Crippen molar-refractivity contribution in [3.8, 4) is 22.8 Å². The molecule has 2 heterocycles. The van der Waals surface area contributed by atoms with E-state index in [0.717, 1.165) is 33.9 Å². The fourth-order valence-corrected chi connectivity index (χ4v) is 3.37. The molecule has 0 spiro atoms. The van der Waals surface area contributed by atoms with Gasteiger partial charge in [0, 0.05) is 34.9 Å². The maximum atomic E-state index is 12.7. The second kappa shape index (κ2) is 7.79. The van der Waals surface area contributed by atoms with Crippen LogP contribution >= 0.6 is 0 Å². The Morgan fingerprint density at radius 1 is 1.03 bits per heavy atom. The van der Waals surface area contributed by atoms with Crippen molar-refractivity contribution in [3.63, 3.8) is 0 Å². The molecule has 31 heavy (non-hydrogen) atoms. The molecular formula is C24H19N5O2. The third-order valence-corrected chi connectivity index (χ3v) is 5.04. The fraction of sp³-hybridized carbons (Fsp3) is 0.0417. The highest BCUT2D eigenvalue weighted by Crippen LogP contribution is 2.25. The number of benzene rings is 3. The van der Waals surface area contributed by atoms with E-state index >= 15 is 0 Å². The molecule has 0 radical (unpaired) electrons. The molecule has 5 aromatic rings. The highest BCUT2D eigenvalue weighted by Gasteiger charge is 2.10. The van der Waals surface area contributed by atoms with Crippen LogP contribution in [-0.2, 0) is 0 Å². The van der Waals surface area contributed by atoms with Crippen molar-refractivity contribution in [2.24, 2.45) is 0 Å². The number of nitrogens with zero attached hydrogens (tertiary/aromatic N) is 3. The Labute approximate surface area is 178 Å². The summed E-state index contributed by atoms with van der Waals surface area (Å²) in [5.41, 5.74) is 4.83. The molecule has 0 aliphatic heterocycles. The molecule has 152 valence electrons. The topological polar surface area (TPSA) is 84.8 Å². The molecule has 0 bridgehead atoms. The predicted molar refractivity (Wildman–Crippen MR) is 120 cm³/mol. The largest absolute Gasteiger partial charge is 0.497 e. The van der Waals surface area contributed by atoms with Crippen LogP contribution in [0.5, 0.6) is 5.75 Å². The lowest BCUT2D eigenvalue weighted by Crippen LogP contribution is -2.11. The van der Waals surface area contributed by atoms with Gasteiger partial charge in [-0.05, 0) is 66.7 Å². The number of carbonyl (C=O) groups excluding carboxylic acids is 1. The van der Waals surface area contributed by atoms with Gasteiger partial charge in [0.25, 0.3) is 5.91 Å². The number of rotatable bonds is 5. The number of nitrogens with one attached hydrogen (secondary N) is 2. The predicted octanol–water partition coefficient (Wildman–Crippen LogP) is 4.68. The van der Waals surface area contributed by atoms with Crippen LogP contribution in [0, 0.1) is 0 Å². The van der Waals surface area contributed by atoms with Gasteiger partial charge in [0.2, 0.25) is 0 Å². The first-order valence-electron chi connectivity index (χ1n) is 9.73. The minimum Gasteiger partial charge on any atom is -0.497 e. The van der Waals surface area contributed by atoms with E-state index in [1.54, 1.807) is 31.8 Å². The first-order chi connectivity index (χ1) is 15.2. The summed E-state index contributed by atoms with van der Waals surface area (Å²) in [7, 11) is 1.64. The number of hydrogen-bond acceptors (Lipinski definition) is 4. The molecule has 0 saturated heterocycles. The zero-order valence-corrected chi connectivity index (χ0v) is 16.7. The SMILES string of the molecule is COc1ccc(-c2nc3cc(NC(=O)c4ccc(-n5ccnc5)cc4)ccc3[nH]2)cc1. The van der Waals surface area contributed by atoms with Crippen LogP contribution in [-0.4, -0.2) is 32.5 Å². The molecule has 0 aliphatic carbocycles. The molecule has 2 aromatic heterocycles. The molecule has 3 aromatic carbocycles. The maximum absolute atomic E-state index is 12.7. The van der Waals surface area contributed by atoms with Gasteiger partial charge in [0.15, 0.2) is 0 Å². The van der Waals surface area contributed by atoms with Crippen molar-refractivity contribution in [2.45, 2.75) is 0 Å². The van der Waals surface area contributed by atoms with Crippen LogP contribution in [0.4, 0.5) is 5.69 Å². The summed E-state index contributed by atoms with van der Waals surface area (Å²) < 4.78 is 7.09. The summed E-state index contributed by atoms with van der Waals surface area (Å²) in [6.45, 7) is 0. The number of H-pyrrole nitrogens is 1. The number of hydrogen-bond donors (Lipinski definition) is 2. The van der Waals surface area contributed by atoms with E-state index in [-0.39, 0.29) is 5.91 Å². The number of ether oxygens (including phenoxy) is 1. The first kappa shape index (κ1) is 18.6. The molecule has 2 N–H and O–H groups in total. The van der Waals surface area contributed by atoms with E-state index in [4.69, 9.17) is 4.74 Å². The van der Waals surface area contributed by atoms with Crippen LogP contribution in [0.1, 0.15) is 10.4 Å². The number of imidazole rings is 2. The number of carbonyl (C=O) groups is 1. The summed E-state index contributed by atoms with van der Waals surface area (Å²) in [5.74, 6) is 1.38. The van der Waals surface area contributed by atoms with Crippen LogP contribution < -0.4 is 10.1 Å². The summed E-state index contributed by atoms with van der Waals surface area (Å²) >= 11 is 0. The molecule has 0 unspecified atom stereocenters. The van der Waals surface area contributed by atoms with Gasteiger partial charge in [-0.1, -0.05) is 0 Å². The van der Waals surface area contributed by atoms with Gasteiger partial charge >= 0.3 is 0 Å². The van der Waals surface area contributed by atoms with E-state index in [1.165, 1.54) is 0 Å². The van der Waals surface area contributed by atoms with Gasteiger partial charge in [-0.25, -0.2) is 9.97 Å². The van der Waals surface area contributed by atoms with Crippen molar-refractivity contribution < 1.29 is 9.53 Å². The van der Waals surface area contributed by atoms with Gasteiger partial charge in [-0.2, -0.15) is 0 Å². The van der Waals surface area contributed by atoms with Crippen molar-refractivity contribution in [1.82, 2.24) is 19.5 Å². The Morgan fingerprint density at radius 2 is 1.84 bits per heavy atom. The third-order valence-electron chi connectivity index (χ3n) is 5.04. The lowest BCUT2D eigenvalue weighted by molar-refractivity contribution is 0.102. The molecule has 0 aliphatic rings. The Bertz CT molecular complexity index is 1340. The standard InChI is InChI=1S/C24H19N5O2/c1-31-20-9-4-16(5-10-20)23-27-21-11-6-18(14-22(21)28-23)26-24(30)17-2-7-19(8-3-17)29-13-12-25-15-29/h2-15H,1H3,(H,26,30)(H,27,28). The summed E-state index contributed by atoms with van der Waals surface area (Å²) in [4.78, 5) is 24.7. The van der Waals surface area contributed by atoms with Gasteiger partial charge in [0.05, 0.1) is 24.5 Å². The third kappa shape index (κ3) is 3.76. The van der Waals surface area contributed by atoms with Crippen molar-refractivity contribution in [2.75, 3.05) is 12.4 Å². The van der Waals surface area contributed by atoms with Crippen LogP contribution in [0.15, 0.2) is 85.5 Å². The zero-order valence-electron chi connectivity index (χ0n) is 16.7. The number of aromatic nitrogens is 4. The Morgan fingerprint density at radius 3 is 2.55 bits per heavy atom. The second-order valence-electron chi connectivity index (χ2n) is 7.02. The van der Waals surface area contributed by atoms with Crippen molar-refractivity contribution in [3.05, 3.63) is 91.0 Å². The van der Waals surface area contributed by atoms with Crippen LogP contribution in [0.3, 0.4) is 0 Å². The van der Waals surface area contributed by atoms with Crippen molar-refractivity contribution in [1.29, 1.82) is 0 Å². The van der Waals surface area contributed by atoms with Gasteiger partial charge < -0.3 is 19.6 Å². The van der Waals surface area contributed by atoms with E-state index in [2.05, 4.69) is 20.3 Å². The van der Waals surface area contributed by atoms with Gasteiger partial charge in [-0.3, -0.25) is 4.79 Å². The van der Waals surface area contributed by atoms with E-state index in [9.17, 15) is 4.79 Å². The van der Waals surface area contributed by atoms with Crippen LogP contribution in [0.2, 0.25) is 0 Å². The van der Waals surface area contributed by atoms with E-state index in [0.29, 0.717) is 11.3 Å². The Kier molecular flexibility index (Phi) is 4.68. The quantitative estimate of drug-likeness (QED) is 0.442. The molecular weight excluding hydrogens is 390 g/mol. The monoisotopic (exact) mass is 409 g/mol. The molecule has 0 atom stereocenters. The molecule has 7 nitrogen and oxygen atoms in total. The Hall–Kier alpha value is -4.39. The van der Waals surface area contributed by atoms with E-state index < -0.39 is 0 Å². The van der Waals surface area contributed by atoms with Crippen LogP contribution in [0.25, 0.3) is 28.1 Å². The second-order valence-corrected chi connectivity index (χ2v) is 7.02. The first-order valence-corrected chi connectivity index (χ1v) is 9.73. The van der Waals surface area contributed by atoms with Gasteiger partial charge in [0.1, 0.15) is 11.6 Å². The average molecular weight is 409 g/mol. The molecule has 0 saturated carbocycles. The van der Waals surface area contributed by atoms with E-state index in [1.807, 2.05) is 65.4 Å². The van der Waals surface area contributed by atoms with Crippen molar-refractivity contribution >= 4 is 22.6 Å². The number of fused-ring (bicyclic) bond motifs is 1. The minimum atomic E-state index is -0.178. The average Bonchev–Trinajstić information content (AvgIpc) is 3.49. The molecule has 1 amide bonds. The smallest absolute Gasteiger partial charge is 0.255 e. The zero-order chi connectivity index (χ0) is 21.2. The Balaban J connectivity index is 1.34. The number of amides is 1. The number of methoxy groups -OCH3 is 1. The normalized spacial score (nSPS) is 10.9. The summed E-state index contributed by atoms with van der Waals surface area (Å²) in [5, 5.41) is 2.94. The molecule has 5 rings (SSSR count). The van der Waals surface area contributed by atoms with Gasteiger partial charge in [-0.15, -0.1) is 0 Å². The lowest BCUT2D eigenvalue weighted by atomic mass is 10.2. The molecule has 7 heteroatoms. The fourth-order valence-electron chi connectivity index (χ4n) is 3.37. The lowest BCUT2D eigenvalue weighted by Gasteiger charge is -2.07. The maximum Gasteiger partial charge on any atom is 0.255 e. The number of aromatic amines is 1. The summed E-state index contributed by atoms with van der Waals surface area (Å²) in [6.07, 6.45) is 5.29. The highest BCUT2D eigenvalue weighted by molar-refractivity contribution is 6.05. The minimum absolute atomic E-state index is 0.178. The highest BCUT2D eigenvalue weighted by atomic mass is 16.5. The number of anilines is 1.